The topological polar surface area (TPSA) is 316 Å². The number of aliphatic hydroxyl groups excluding tert-OH is 2. The predicted octanol–water partition coefficient (Wildman–Crippen LogP) is 11.0. The molecule has 0 spiro atoms. The summed E-state index contributed by atoms with van der Waals surface area (Å²) in [6.07, 6.45) is 10.1. The summed E-state index contributed by atoms with van der Waals surface area (Å²) in [5.41, 5.74) is 22.5. The van der Waals surface area contributed by atoms with Gasteiger partial charge in [0.05, 0.1) is 81.9 Å². The number of hydrogen-bond acceptors (Lipinski definition) is 18. The van der Waals surface area contributed by atoms with Crippen molar-refractivity contribution in [2.75, 3.05) is 63.2 Å². The fourth-order valence-electron chi connectivity index (χ4n) is 12.4. The molecule has 30 heteroatoms. The number of carbonyl (C=O) groups excluding carboxylic acids is 3. The third kappa shape index (κ3) is 14.7. The number of carbonyl (C=O) groups is 3. The lowest BCUT2D eigenvalue weighted by molar-refractivity contribution is 0.0296. The molecule has 4 unspecified atom stereocenters. The van der Waals surface area contributed by atoms with Crippen LogP contribution in [0.15, 0.2) is 55.4 Å². The maximum Gasteiger partial charge on any atom is 0.260 e. The summed E-state index contributed by atoms with van der Waals surface area (Å²) < 4.78 is 74.8. The number of nitrogens with zero attached hydrogens (tertiary/aromatic N) is 11. The van der Waals surface area contributed by atoms with E-state index >= 15 is 13.2 Å². The van der Waals surface area contributed by atoms with E-state index in [4.69, 9.17) is 75.9 Å². The first-order chi connectivity index (χ1) is 46.9. The number of aromatic nitrogens is 9. The molecule has 1 saturated carbocycles. The molecule has 9 aromatic rings. The Hall–Kier alpha value is -8.73. The number of hydrogen-bond donors (Lipinski definition) is 6. The minimum Gasteiger partial charge on any atom is -0.490 e. The summed E-state index contributed by atoms with van der Waals surface area (Å²) in [7, 11) is 0. The first-order valence-electron chi connectivity index (χ1n) is 32.5. The second-order valence-electron chi connectivity index (χ2n) is 25.8. The van der Waals surface area contributed by atoms with Crippen molar-refractivity contribution in [1.29, 1.82) is 0 Å². The van der Waals surface area contributed by atoms with E-state index in [9.17, 15) is 24.6 Å². The molecule has 2 saturated heterocycles. The molecule has 24 nitrogen and oxygen atoms in total. The fraction of sp³-hybridized carbons (Fsp3) is 0.435. The van der Waals surface area contributed by atoms with Crippen LogP contribution in [0.25, 0.3) is 16.6 Å². The Balaban J connectivity index is 0.000000161. The Morgan fingerprint density at radius 2 is 0.929 bits per heavy atom. The van der Waals surface area contributed by atoms with Crippen LogP contribution in [-0.2, 0) is 4.74 Å². The molecule has 528 valence electrons. The SMILES string of the molecule is Cc1nc(C(C)c2cc(Cl)c(F)c(C(=O)N3CCC(O)C3)c2OC(C)C)n2ccnc(N)c12.Cc1nc(C(C)c2cc(Cl)c(F)c(C(=O)N3CCOCC3)c2OC(C)C)n2ccnc(N)c12.Cc1nc(C(C)c2cc(Cl)c(F)c(C(=O)NC3(CO)CC3)c2OC(C)C)n2ccnc(N)c12. The molecule has 6 aromatic heterocycles. The number of halogens is 6. The lowest BCUT2D eigenvalue weighted by Crippen LogP contribution is -2.41. The number of amides is 3. The van der Waals surface area contributed by atoms with Crippen molar-refractivity contribution in [3.8, 4) is 17.2 Å². The molecular formula is C69H81Cl3F3N15O9. The highest BCUT2D eigenvalue weighted by Gasteiger charge is 2.45. The van der Waals surface area contributed by atoms with E-state index in [2.05, 4.69) is 30.2 Å². The van der Waals surface area contributed by atoms with Crippen molar-refractivity contribution < 1.29 is 56.7 Å². The van der Waals surface area contributed by atoms with Crippen LogP contribution >= 0.6 is 34.8 Å². The van der Waals surface area contributed by atoms with Gasteiger partial charge in [-0.1, -0.05) is 55.6 Å². The molecule has 12 rings (SSSR count). The number of nitrogens with two attached hydrogens (primary N) is 3. The van der Waals surface area contributed by atoms with Crippen molar-refractivity contribution in [2.45, 2.75) is 150 Å². The van der Waals surface area contributed by atoms with Crippen LogP contribution in [0.4, 0.5) is 30.6 Å². The Bertz CT molecular complexity index is 4400. The highest BCUT2D eigenvalue weighted by Crippen LogP contribution is 2.45. The largest absolute Gasteiger partial charge is 0.490 e. The molecule has 1 aliphatic carbocycles. The smallest absolute Gasteiger partial charge is 0.260 e. The summed E-state index contributed by atoms with van der Waals surface area (Å²) in [6, 6.07) is 4.46. The van der Waals surface area contributed by atoms with E-state index in [0.717, 1.165) is 0 Å². The monoisotopic (exact) mass is 1430 g/mol. The van der Waals surface area contributed by atoms with Crippen molar-refractivity contribution in [3.63, 3.8) is 0 Å². The van der Waals surface area contributed by atoms with Gasteiger partial charge in [-0.05, 0) is 99.8 Å². The summed E-state index contributed by atoms with van der Waals surface area (Å²) >= 11 is 18.8. The number of benzene rings is 3. The van der Waals surface area contributed by atoms with Crippen LogP contribution in [0.2, 0.25) is 15.1 Å². The first kappa shape index (κ1) is 73.0. The molecule has 0 radical (unpaired) electrons. The number of β-amino-alcohol motifs (C(OH)–C–C–N with tert-alkyl or cyclic N) is 1. The van der Waals surface area contributed by atoms with Crippen LogP contribution in [-0.4, -0.2) is 157 Å². The number of nitrogen functional groups attached to an aromatic ring is 3. The van der Waals surface area contributed by atoms with Gasteiger partial charge in [-0.25, -0.2) is 43.1 Å². The second-order valence-corrected chi connectivity index (χ2v) is 27.0. The maximum absolute atomic E-state index is 15.3. The first-order valence-corrected chi connectivity index (χ1v) is 33.6. The van der Waals surface area contributed by atoms with Crippen LogP contribution < -0.4 is 36.7 Å². The summed E-state index contributed by atoms with van der Waals surface area (Å²) in [5.74, 6) is -2.11. The van der Waals surface area contributed by atoms with Crippen molar-refractivity contribution in [3.05, 3.63) is 156 Å². The van der Waals surface area contributed by atoms with E-state index < -0.39 is 64.6 Å². The summed E-state index contributed by atoms with van der Waals surface area (Å²) in [6.45, 7) is 23.8. The standard InChI is InChI=1S/3C23H27ClFN5O3/c1-11(2)33-20-15(12(3)22-28-13(4)19-21(26)27-6-8-30(19)22)9-16(24)18(25)17(20)23(32)29-7-5-14(31)10-29;1-12(2)33-20-15(13(3)22-28-14(4)19-21(26)27-5-6-30(19)22)11-16(24)18(25)17(20)23(31)29-7-9-32-10-8-29;1-11(2)33-19-14(12(3)21-28-13(4)18-20(26)27-7-8-30(18)21)9-15(24)17(25)16(19)22(32)29-23(10-31)5-6-23/h6,8-9,11-12,14,31H,5,7,10H2,1-4H3,(H2,26,27);5-6,11-13H,7-10H2,1-4H3,(H2,26,27);7-9,11-12,31H,5-6,10H2,1-4H3,(H2,26,27)(H,29,32). The van der Waals surface area contributed by atoms with Crippen LogP contribution in [0, 0.1) is 38.2 Å². The van der Waals surface area contributed by atoms with E-state index in [1.54, 1.807) is 69.8 Å². The number of nitrogens with one attached hydrogen (secondary N) is 1. The third-order valence-electron chi connectivity index (χ3n) is 17.5. The highest BCUT2D eigenvalue weighted by atomic mass is 35.5. The van der Waals surface area contributed by atoms with Gasteiger partial charge >= 0.3 is 0 Å². The molecule has 3 aromatic carbocycles. The van der Waals surface area contributed by atoms with Gasteiger partial charge in [-0.2, -0.15) is 0 Å². The van der Waals surface area contributed by atoms with Gasteiger partial charge in [0, 0.05) is 97.8 Å². The van der Waals surface area contributed by atoms with E-state index in [0.29, 0.717) is 137 Å². The number of fused-ring (bicyclic) bond motifs is 3. The van der Waals surface area contributed by atoms with Gasteiger partial charge in [0.1, 0.15) is 85.4 Å². The third-order valence-corrected chi connectivity index (χ3v) is 18.3. The molecule has 3 aliphatic rings. The van der Waals surface area contributed by atoms with Gasteiger partial charge in [0.15, 0.2) is 17.5 Å². The number of morpholine rings is 1. The number of rotatable bonds is 17. The normalized spacial score (nSPS) is 16.1. The zero-order valence-electron chi connectivity index (χ0n) is 57.0. The van der Waals surface area contributed by atoms with Gasteiger partial charge in [-0.3, -0.25) is 27.6 Å². The highest BCUT2D eigenvalue weighted by molar-refractivity contribution is 6.32. The van der Waals surface area contributed by atoms with E-state index in [1.807, 2.05) is 68.6 Å². The molecule has 3 amide bonds. The number of likely N-dealkylation sites (tertiary alicyclic amines) is 1. The minimum atomic E-state index is -0.868. The van der Waals surface area contributed by atoms with E-state index in [-0.39, 0.29) is 80.5 Å². The van der Waals surface area contributed by atoms with Crippen molar-refractivity contribution in [1.82, 2.24) is 58.2 Å². The molecule has 3 fully saturated rings. The number of anilines is 3. The number of imidazole rings is 3. The average molecular weight is 1430 g/mol. The molecule has 2 aliphatic heterocycles. The van der Waals surface area contributed by atoms with Gasteiger partial charge in [-0.15, -0.1) is 0 Å². The van der Waals surface area contributed by atoms with Gasteiger partial charge < -0.3 is 61.5 Å². The van der Waals surface area contributed by atoms with Crippen LogP contribution in [0.5, 0.6) is 17.2 Å². The second kappa shape index (κ2) is 29.6. The van der Waals surface area contributed by atoms with Crippen LogP contribution in [0.1, 0.15) is 182 Å². The maximum atomic E-state index is 15.3. The van der Waals surface area contributed by atoms with Gasteiger partial charge in [0.2, 0.25) is 0 Å². The summed E-state index contributed by atoms with van der Waals surface area (Å²) in [5, 5.41) is 21.7. The lowest BCUT2D eigenvalue weighted by atomic mass is 9.95. The van der Waals surface area contributed by atoms with Gasteiger partial charge in [0.25, 0.3) is 17.7 Å². The molecule has 4 atom stereocenters. The zero-order chi connectivity index (χ0) is 72.0. The Labute approximate surface area is 584 Å². The fourth-order valence-corrected chi connectivity index (χ4v) is 13.1. The Morgan fingerprint density at radius 1 is 0.586 bits per heavy atom. The molecular weight excluding hydrogens is 1350 g/mol. The molecule has 99 heavy (non-hydrogen) atoms. The molecule has 0 bridgehead atoms. The Kier molecular flexibility index (Phi) is 21.8. The molecule has 8 heterocycles. The quantitative estimate of drug-likeness (QED) is 0.0493. The minimum absolute atomic E-state index is 0.0991. The average Bonchev–Trinajstić information content (AvgIpc) is 1.75. The van der Waals surface area contributed by atoms with Crippen molar-refractivity contribution in [2.24, 2.45) is 0 Å². The van der Waals surface area contributed by atoms with Crippen LogP contribution in [0.3, 0.4) is 0 Å². The number of ether oxygens (including phenoxy) is 4. The van der Waals surface area contributed by atoms with Crippen molar-refractivity contribution >= 4 is 86.5 Å². The predicted molar refractivity (Wildman–Crippen MR) is 370 cm³/mol. The number of aryl methyl sites for hydroxylation is 3. The molecule has 9 N–H and O–H groups in total. The number of aliphatic hydroxyl groups is 2. The lowest BCUT2D eigenvalue weighted by Gasteiger charge is -2.29. The zero-order valence-corrected chi connectivity index (χ0v) is 59.2. The summed E-state index contributed by atoms with van der Waals surface area (Å²) in [4.78, 5) is 69.3. The Morgan fingerprint density at radius 3 is 1.25 bits per heavy atom. The van der Waals surface area contributed by atoms with E-state index in [1.165, 1.54) is 23.1 Å².